The standard InChI is InChI=1S/C48H34N8/c1-32(51-40(34-19-8-3-9-20-34)29-38(49)33-17-6-2-7-18-33)39-30-43(55-48(54-39)56-44-26-15-14-25-37(44)46-45(56)27-16-28-50-46)47-52-41(35-21-10-4-11-22-35)31-42(53-47)36-23-12-5-13-24-36/h2-31H,1,49H2/b38-29-,51-40?. The van der Waals surface area contributed by atoms with Gasteiger partial charge in [-0.1, -0.05) is 146 Å². The second kappa shape index (κ2) is 14.9. The van der Waals surface area contributed by atoms with Crippen LogP contribution in [0.2, 0.25) is 0 Å². The summed E-state index contributed by atoms with van der Waals surface area (Å²) in [5.41, 5.74) is 17.1. The number of aromatic nitrogens is 6. The average molecular weight is 723 g/mol. The van der Waals surface area contributed by atoms with E-state index in [9.17, 15) is 0 Å². The van der Waals surface area contributed by atoms with Crippen molar-refractivity contribution in [1.29, 1.82) is 0 Å². The first-order valence-electron chi connectivity index (χ1n) is 18.2. The summed E-state index contributed by atoms with van der Waals surface area (Å²) in [4.78, 5) is 30.4. The fraction of sp³-hybridized carbons (Fsp3) is 0. The normalized spacial score (nSPS) is 11.9. The van der Waals surface area contributed by atoms with Crippen molar-refractivity contribution in [3.8, 4) is 40.0 Å². The summed E-state index contributed by atoms with van der Waals surface area (Å²) in [6, 6.07) is 55.8. The number of allylic oxidation sites excluding steroid dienone is 1. The summed E-state index contributed by atoms with van der Waals surface area (Å²) in [7, 11) is 0. The lowest BCUT2D eigenvalue weighted by molar-refractivity contribution is 0.971. The molecule has 0 radical (unpaired) electrons. The van der Waals surface area contributed by atoms with Gasteiger partial charge in [0.1, 0.15) is 5.69 Å². The Morgan fingerprint density at radius 1 is 0.571 bits per heavy atom. The van der Waals surface area contributed by atoms with E-state index in [1.165, 1.54) is 0 Å². The van der Waals surface area contributed by atoms with Crippen LogP contribution in [0.4, 0.5) is 0 Å². The second-order valence-corrected chi connectivity index (χ2v) is 13.1. The summed E-state index contributed by atoms with van der Waals surface area (Å²) in [5.74, 6) is 0.839. The van der Waals surface area contributed by atoms with E-state index in [4.69, 9.17) is 35.6 Å². The third-order valence-corrected chi connectivity index (χ3v) is 9.46. The van der Waals surface area contributed by atoms with Gasteiger partial charge >= 0.3 is 0 Å². The lowest BCUT2D eigenvalue weighted by Gasteiger charge is -2.13. The number of nitrogens with two attached hydrogens (primary N) is 1. The van der Waals surface area contributed by atoms with E-state index in [0.29, 0.717) is 40.3 Å². The zero-order valence-corrected chi connectivity index (χ0v) is 30.2. The molecule has 5 aromatic carbocycles. The van der Waals surface area contributed by atoms with Gasteiger partial charge in [0.15, 0.2) is 5.82 Å². The zero-order chi connectivity index (χ0) is 37.8. The molecule has 0 unspecified atom stereocenters. The minimum atomic E-state index is 0.406. The van der Waals surface area contributed by atoms with Gasteiger partial charge in [-0.25, -0.2) is 24.9 Å². The van der Waals surface area contributed by atoms with E-state index in [1.807, 2.05) is 174 Å². The molecule has 56 heavy (non-hydrogen) atoms. The van der Waals surface area contributed by atoms with Crippen molar-refractivity contribution in [3.63, 3.8) is 0 Å². The van der Waals surface area contributed by atoms with E-state index in [1.54, 1.807) is 6.20 Å². The number of nitrogens with zero attached hydrogens (tertiary/aromatic N) is 7. The molecule has 8 heteroatoms. The lowest BCUT2D eigenvalue weighted by Crippen LogP contribution is -2.08. The van der Waals surface area contributed by atoms with Crippen LogP contribution in [0.1, 0.15) is 16.8 Å². The largest absolute Gasteiger partial charge is 0.398 e. The molecule has 4 heterocycles. The molecule has 4 aromatic heterocycles. The molecule has 0 aliphatic heterocycles. The van der Waals surface area contributed by atoms with Gasteiger partial charge in [-0.15, -0.1) is 0 Å². The maximum absolute atomic E-state index is 6.67. The van der Waals surface area contributed by atoms with Crippen molar-refractivity contribution in [3.05, 3.63) is 206 Å². The molecule has 0 amide bonds. The third kappa shape index (κ3) is 6.74. The minimum absolute atomic E-state index is 0.406. The van der Waals surface area contributed by atoms with Gasteiger partial charge < -0.3 is 5.73 Å². The van der Waals surface area contributed by atoms with E-state index >= 15 is 0 Å². The summed E-state index contributed by atoms with van der Waals surface area (Å²) in [6.07, 6.45) is 3.67. The Labute approximate surface area is 323 Å². The van der Waals surface area contributed by atoms with Gasteiger partial charge in [-0.3, -0.25) is 9.55 Å². The topological polar surface area (TPSA) is 108 Å². The Balaban J connectivity index is 1.28. The molecular weight excluding hydrogens is 689 g/mol. The van der Waals surface area contributed by atoms with Crippen LogP contribution in [-0.4, -0.2) is 35.2 Å². The molecule has 2 N–H and O–H groups in total. The SMILES string of the molecule is C=C(N=C(/C=C(\N)c1ccccc1)c1ccccc1)c1cc(-c2nc(-c3ccccc3)cc(-c3ccccc3)n2)nc(-n2c3ccccc3c3ncccc32)n1. The summed E-state index contributed by atoms with van der Waals surface area (Å²) >= 11 is 0. The molecule has 0 bridgehead atoms. The first-order chi connectivity index (χ1) is 27.6. The van der Waals surface area contributed by atoms with Crippen LogP contribution in [0.5, 0.6) is 0 Å². The fourth-order valence-electron chi connectivity index (χ4n) is 6.72. The highest BCUT2D eigenvalue weighted by Gasteiger charge is 2.20. The van der Waals surface area contributed by atoms with Gasteiger partial charge in [0.25, 0.3) is 0 Å². The van der Waals surface area contributed by atoms with Gasteiger partial charge in [0.2, 0.25) is 5.95 Å². The van der Waals surface area contributed by atoms with Gasteiger partial charge in [0.05, 0.1) is 45.0 Å². The van der Waals surface area contributed by atoms with Crippen LogP contribution in [0.3, 0.4) is 0 Å². The van der Waals surface area contributed by atoms with Crippen LogP contribution >= 0.6 is 0 Å². The first-order valence-corrected chi connectivity index (χ1v) is 18.2. The Bertz CT molecular complexity index is 2810. The van der Waals surface area contributed by atoms with Crippen molar-refractivity contribution in [2.45, 2.75) is 0 Å². The number of aliphatic imine (C=N–C) groups is 1. The minimum Gasteiger partial charge on any atom is -0.398 e. The molecular formula is C48H34N8. The van der Waals surface area contributed by atoms with Crippen LogP contribution < -0.4 is 5.73 Å². The van der Waals surface area contributed by atoms with Crippen molar-refractivity contribution in [1.82, 2.24) is 29.5 Å². The number of para-hydroxylation sites is 1. The average Bonchev–Trinajstić information content (AvgIpc) is 3.61. The molecule has 9 aromatic rings. The Morgan fingerprint density at radius 2 is 1.14 bits per heavy atom. The number of rotatable bonds is 9. The quantitative estimate of drug-likeness (QED) is 0.149. The number of hydrogen-bond donors (Lipinski definition) is 1. The van der Waals surface area contributed by atoms with E-state index in [-0.39, 0.29) is 0 Å². The molecule has 8 nitrogen and oxygen atoms in total. The molecule has 0 atom stereocenters. The molecule has 0 aliphatic rings. The third-order valence-electron chi connectivity index (χ3n) is 9.46. The van der Waals surface area contributed by atoms with Crippen LogP contribution in [0.15, 0.2) is 194 Å². The molecule has 9 rings (SSSR count). The molecule has 0 aliphatic carbocycles. The molecule has 266 valence electrons. The Morgan fingerprint density at radius 3 is 1.80 bits per heavy atom. The predicted molar refractivity (Wildman–Crippen MR) is 227 cm³/mol. The maximum atomic E-state index is 6.67. The molecule has 0 fully saturated rings. The smallest absolute Gasteiger partial charge is 0.236 e. The van der Waals surface area contributed by atoms with Crippen LogP contribution in [-0.2, 0) is 0 Å². The van der Waals surface area contributed by atoms with E-state index in [0.717, 1.165) is 55.6 Å². The first kappa shape index (κ1) is 34.0. The predicted octanol–water partition coefficient (Wildman–Crippen LogP) is 10.2. The van der Waals surface area contributed by atoms with Crippen LogP contribution in [0, 0.1) is 0 Å². The molecule has 0 saturated heterocycles. The van der Waals surface area contributed by atoms with Crippen molar-refractivity contribution in [2.75, 3.05) is 0 Å². The van der Waals surface area contributed by atoms with Crippen LogP contribution in [0.25, 0.3) is 73.3 Å². The maximum Gasteiger partial charge on any atom is 0.236 e. The zero-order valence-electron chi connectivity index (χ0n) is 30.2. The van der Waals surface area contributed by atoms with E-state index < -0.39 is 0 Å². The van der Waals surface area contributed by atoms with E-state index in [2.05, 4.69) is 12.6 Å². The fourth-order valence-corrected chi connectivity index (χ4v) is 6.72. The van der Waals surface area contributed by atoms with Crippen molar-refractivity contribution < 1.29 is 0 Å². The van der Waals surface area contributed by atoms with Crippen molar-refractivity contribution in [2.24, 2.45) is 10.7 Å². The summed E-state index contributed by atoms with van der Waals surface area (Å²) in [5, 5.41) is 0.983. The highest BCUT2D eigenvalue weighted by molar-refractivity contribution is 6.14. The Kier molecular flexibility index (Phi) is 9.03. The van der Waals surface area contributed by atoms with Gasteiger partial charge in [-0.05, 0) is 42.0 Å². The number of hydrogen-bond acceptors (Lipinski definition) is 7. The monoisotopic (exact) mass is 722 g/mol. The molecule has 0 spiro atoms. The number of pyridine rings is 1. The Hall–Kier alpha value is -7.84. The summed E-state index contributed by atoms with van der Waals surface area (Å²) in [6.45, 7) is 4.47. The second-order valence-electron chi connectivity index (χ2n) is 13.1. The van der Waals surface area contributed by atoms with Gasteiger partial charge in [0, 0.05) is 34.0 Å². The van der Waals surface area contributed by atoms with Gasteiger partial charge in [-0.2, -0.15) is 0 Å². The number of benzene rings is 5. The lowest BCUT2D eigenvalue weighted by atomic mass is 10.1. The molecule has 0 saturated carbocycles. The highest BCUT2D eigenvalue weighted by atomic mass is 15.2. The number of fused-ring (bicyclic) bond motifs is 3. The highest BCUT2D eigenvalue weighted by Crippen LogP contribution is 2.32. The summed E-state index contributed by atoms with van der Waals surface area (Å²) < 4.78 is 2.02. The van der Waals surface area contributed by atoms with Crippen molar-refractivity contribution >= 4 is 39.0 Å².